The molecule has 0 amide bonds. The van der Waals surface area contributed by atoms with Crippen molar-refractivity contribution in [2.75, 3.05) is 5.73 Å². The molecule has 1 aromatic carbocycles. The molecule has 0 aliphatic carbocycles. The zero-order valence-electron chi connectivity index (χ0n) is 8.53. The Hall–Kier alpha value is -2.03. The Labute approximate surface area is 97.4 Å². The summed E-state index contributed by atoms with van der Waals surface area (Å²) in [5, 5.41) is 17.5. The Balaban J connectivity index is 3.22. The molecule has 4 N–H and O–H groups in total. The number of halogens is 4. The smallest absolute Gasteiger partial charge is 0.479 e. The number of nitrogens with two attached hydrogens (primary N) is 1. The van der Waals surface area contributed by atoms with E-state index in [9.17, 15) is 22.4 Å². The molecule has 1 rings (SSSR count). The van der Waals surface area contributed by atoms with Gasteiger partial charge in [-0.1, -0.05) is 0 Å². The average molecular weight is 269 g/mol. The van der Waals surface area contributed by atoms with Crippen molar-refractivity contribution in [2.24, 2.45) is 0 Å². The first kappa shape index (κ1) is 14.0. The second-order valence-corrected chi connectivity index (χ2v) is 3.20. The topological polar surface area (TPSA) is 92.8 Å². The van der Waals surface area contributed by atoms with Crippen LogP contribution in [0, 0.1) is 5.82 Å². The van der Waals surface area contributed by atoms with E-state index in [0.717, 1.165) is 0 Å². The normalized spacial score (nSPS) is 13.2. The monoisotopic (exact) mass is 269 g/mol. The minimum Gasteiger partial charge on any atom is -0.479 e. The van der Waals surface area contributed by atoms with E-state index in [2.05, 4.69) is 4.74 Å². The zero-order valence-corrected chi connectivity index (χ0v) is 8.53. The van der Waals surface area contributed by atoms with E-state index in [1.54, 1.807) is 0 Å². The molecule has 0 saturated carbocycles. The lowest BCUT2D eigenvalue weighted by Crippen LogP contribution is -2.19. The minimum atomic E-state index is -5.12. The first-order valence-corrected chi connectivity index (χ1v) is 4.37. The highest BCUT2D eigenvalue weighted by atomic mass is 19.4. The molecule has 1 aromatic rings. The van der Waals surface area contributed by atoms with Crippen LogP contribution in [0.15, 0.2) is 12.1 Å². The molecule has 0 aliphatic heterocycles. The summed E-state index contributed by atoms with van der Waals surface area (Å²) in [5.74, 6) is -4.19. The Morgan fingerprint density at radius 3 is 2.39 bits per heavy atom. The second-order valence-electron chi connectivity index (χ2n) is 3.20. The number of ether oxygens (including phenoxy) is 1. The van der Waals surface area contributed by atoms with Crippen molar-refractivity contribution in [3.8, 4) is 5.75 Å². The van der Waals surface area contributed by atoms with Crippen LogP contribution in [0.3, 0.4) is 0 Å². The molecule has 0 aliphatic rings. The van der Waals surface area contributed by atoms with Crippen LogP contribution in [0.2, 0.25) is 0 Å². The highest BCUT2D eigenvalue weighted by Crippen LogP contribution is 2.33. The summed E-state index contributed by atoms with van der Waals surface area (Å²) in [7, 11) is 0. The van der Waals surface area contributed by atoms with Crippen LogP contribution < -0.4 is 10.5 Å². The maximum absolute atomic E-state index is 13.2. The molecule has 0 bridgehead atoms. The molecule has 18 heavy (non-hydrogen) atoms. The van der Waals surface area contributed by atoms with E-state index in [-0.39, 0.29) is 0 Å². The van der Waals surface area contributed by atoms with Gasteiger partial charge in [0, 0.05) is 0 Å². The third-order valence-corrected chi connectivity index (χ3v) is 1.89. The standard InChI is InChI=1S/C9H7F4NO4/c10-4-1-3(7(15)8(16)17)2-5(6(4)14)18-9(11,12)13/h1-2,7,15H,14H2,(H,16,17). The van der Waals surface area contributed by atoms with Crippen LogP contribution >= 0.6 is 0 Å². The molecule has 9 heteroatoms. The number of anilines is 1. The molecule has 0 spiro atoms. The van der Waals surface area contributed by atoms with E-state index < -0.39 is 41.3 Å². The third kappa shape index (κ3) is 3.23. The Morgan fingerprint density at radius 2 is 1.94 bits per heavy atom. The fourth-order valence-corrected chi connectivity index (χ4v) is 1.12. The Bertz CT molecular complexity index is 474. The first-order valence-electron chi connectivity index (χ1n) is 4.37. The number of alkyl halides is 3. The molecule has 0 fully saturated rings. The predicted octanol–water partition coefficient (Wildman–Crippen LogP) is 1.42. The van der Waals surface area contributed by atoms with Gasteiger partial charge in [-0.25, -0.2) is 9.18 Å². The van der Waals surface area contributed by atoms with Crippen molar-refractivity contribution < 1.29 is 37.3 Å². The van der Waals surface area contributed by atoms with Crippen LogP contribution in [0.5, 0.6) is 5.75 Å². The van der Waals surface area contributed by atoms with E-state index in [4.69, 9.17) is 15.9 Å². The number of carbonyl (C=O) groups is 1. The van der Waals surface area contributed by atoms with Crippen molar-refractivity contribution >= 4 is 11.7 Å². The van der Waals surface area contributed by atoms with Gasteiger partial charge in [0.1, 0.15) is 11.5 Å². The van der Waals surface area contributed by atoms with Crippen LogP contribution in [0.25, 0.3) is 0 Å². The number of aliphatic hydroxyl groups is 1. The van der Waals surface area contributed by atoms with Gasteiger partial charge in [0.15, 0.2) is 11.9 Å². The van der Waals surface area contributed by atoms with Crippen molar-refractivity contribution in [1.29, 1.82) is 0 Å². The summed E-state index contributed by atoms with van der Waals surface area (Å²) in [6.45, 7) is 0. The summed E-state index contributed by atoms with van der Waals surface area (Å²) >= 11 is 0. The van der Waals surface area contributed by atoms with Gasteiger partial charge in [-0.3, -0.25) is 0 Å². The number of carboxylic acid groups (broad SMARTS) is 1. The van der Waals surface area contributed by atoms with E-state index in [1.807, 2.05) is 0 Å². The van der Waals surface area contributed by atoms with Gasteiger partial charge in [0.05, 0.1) is 0 Å². The van der Waals surface area contributed by atoms with Crippen molar-refractivity contribution in [1.82, 2.24) is 0 Å². The maximum atomic E-state index is 13.2. The van der Waals surface area contributed by atoms with Crippen LogP contribution in [0.1, 0.15) is 11.7 Å². The van der Waals surface area contributed by atoms with E-state index in [1.165, 1.54) is 0 Å². The molecule has 1 unspecified atom stereocenters. The Kier molecular flexibility index (Phi) is 3.65. The van der Waals surface area contributed by atoms with Crippen LogP contribution in [0.4, 0.5) is 23.2 Å². The minimum absolute atomic E-state index is 0.505. The maximum Gasteiger partial charge on any atom is 0.573 e. The molecular formula is C9H7F4NO4. The van der Waals surface area contributed by atoms with E-state index in [0.29, 0.717) is 12.1 Å². The lowest BCUT2D eigenvalue weighted by Gasteiger charge is -2.14. The first-order chi connectivity index (χ1) is 8.11. The summed E-state index contributed by atoms with van der Waals surface area (Å²) in [4.78, 5) is 10.4. The lowest BCUT2D eigenvalue weighted by atomic mass is 10.1. The van der Waals surface area contributed by atoms with Gasteiger partial charge in [-0.05, 0) is 17.7 Å². The fourth-order valence-electron chi connectivity index (χ4n) is 1.12. The molecule has 0 radical (unpaired) electrons. The number of carboxylic acids is 1. The highest BCUT2D eigenvalue weighted by Gasteiger charge is 2.33. The molecule has 1 atom stereocenters. The van der Waals surface area contributed by atoms with Gasteiger partial charge in [-0.2, -0.15) is 0 Å². The summed E-state index contributed by atoms with van der Waals surface area (Å²) < 4.78 is 52.5. The van der Waals surface area contributed by atoms with Gasteiger partial charge >= 0.3 is 12.3 Å². The number of aliphatic carboxylic acids is 1. The number of hydrogen-bond donors (Lipinski definition) is 3. The van der Waals surface area contributed by atoms with Gasteiger partial charge < -0.3 is 20.7 Å². The summed E-state index contributed by atoms with van der Waals surface area (Å²) in [6, 6.07) is 1.02. The number of aliphatic hydroxyl groups excluding tert-OH is 1. The largest absolute Gasteiger partial charge is 0.573 e. The quantitative estimate of drug-likeness (QED) is 0.570. The lowest BCUT2D eigenvalue weighted by molar-refractivity contribution is -0.274. The zero-order chi connectivity index (χ0) is 14.1. The van der Waals surface area contributed by atoms with Gasteiger partial charge in [-0.15, -0.1) is 13.2 Å². The fraction of sp³-hybridized carbons (Fsp3) is 0.222. The van der Waals surface area contributed by atoms with Crippen molar-refractivity contribution in [3.05, 3.63) is 23.5 Å². The number of rotatable bonds is 3. The van der Waals surface area contributed by atoms with Crippen molar-refractivity contribution in [2.45, 2.75) is 12.5 Å². The molecule has 5 nitrogen and oxygen atoms in total. The SMILES string of the molecule is Nc1c(F)cc(C(O)C(=O)O)cc1OC(F)(F)F. The highest BCUT2D eigenvalue weighted by molar-refractivity contribution is 5.75. The number of benzene rings is 1. The van der Waals surface area contributed by atoms with Crippen molar-refractivity contribution in [3.63, 3.8) is 0 Å². The molecule has 0 heterocycles. The Morgan fingerprint density at radius 1 is 1.39 bits per heavy atom. The number of nitrogen functional groups attached to an aromatic ring is 1. The third-order valence-electron chi connectivity index (χ3n) is 1.89. The average Bonchev–Trinajstić information content (AvgIpc) is 2.21. The second kappa shape index (κ2) is 4.69. The molecule has 100 valence electrons. The molecule has 0 saturated heterocycles. The van der Waals surface area contributed by atoms with E-state index >= 15 is 0 Å². The predicted molar refractivity (Wildman–Crippen MR) is 50.1 cm³/mol. The number of hydrogen-bond acceptors (Lipinski definition) is 4. The molecule has 0 aromatic heterocycles. The summed E-state index contributed by atoms with van der Waals surface area (Å²) in [5.41, 5.74) is 3.45. The van der Waals surface area contributed by atoms with Crippen LogP contribution in [-0.2, 0) is 4.79 Å². The van der Waals surface area contributed by atoms with Crippen LogP contribution in [-0.4, -0.2) is 22.5 Å². The molecular weight excluding hydrogens is 262 g/mol. The summed E-state index contributed by atoms with van der Waals surface area (Å²) in [6.07, 6.45) is -7.30. The van der Waals surface area contributed by atoms with Gasteiger partial charge in [0.25, 0.3) is 0 Å². The van der Waals surface area contributed by atoms with Gasteiger partial charge in [0.2, 0.25) is 0 Å².